The zero-order valence-electron chi connectivity index (χ0n) is 17.6. The van der Waals surface area contributed by atoms with Gasteiger partial charge in [0.1, 0.15) is 5.75 Å². The molecule has 0 saturated heterocycles. The predicted octanol–water partition coefficient (Wildman–Crippen LogP) is 6.09. The average Bonchev–Trinajstić information content (AvgIpc) is 2.76. The van der Waals surface area contributed by atoms with Gasteiger partial charge in [0, 0.05) is 16.6 Å². The van der Waals surface area contributed by atoms with E-state index in [1.54, 1.807) is 7.11 Å². The lowest BCUT2D eigenvalue weighted by Crippen LogP contribution is -2.16. The number of hydrogen-bond donors (Lipinski definition) is 1. The van der Waals surface area contributed by atoms with Gasteiger partial charge in [-0.1, -0.05) is 30.3 Å². The fourth-order valence-electron chi connectivity index (χ4n) is 3.70. The number of fused-ring (bicyclic) bond motifs is 1. The molecule has 4 rings (SSSR count). The first-order valence-corrected chi connectivity index (χ1v) is 9.91. The second kappa shape index (κ2) is 7.99. The van der Waals surface area contributed by atoms with Crippen LogP contribution < -0.4 is 10.1 Å². The fourth-order valence-corrected chi connectivity index (χ4v) is 3.70. The van der Waals surface area contributed by atoms with Gasteiger partial charge in [-0.25, -0.2) is 4.98 Å². The molecule has 3 aromatic carbocycles. The molecule has 4 nitrogen and oxygen atoms in total. The SMILES string of the molecule is COc1ccc(-c2nc3ccccc3c(C(=O)Nc3cccc(C)c3C)c2C)cc1. The van der Waals surface area contributed by atoms with E-state index in [2.05, 4.69) is 5.32 Å². The Balaban J connectivity index is 1.86. The highest BCUT2D eigenvalue weighted by atomic mass is 16.5. The smallest absolute Gasteiger partial charge is 0.256 e. The van der Waals surface area contributed by atoms with Crippen LogP contribution >= 0.6 is 0 Å². The molecule has 0 radical (unpaired) electrons. The number of carbonyl (C=O) groups excluding carboxylic acids is 1. The fraction of sp³-hybridized carbons (Fsp3) is 0.154. The maximum Gasteiger partial charge on any atom is 0.256 e. The zero-order valence-corrected chi connectivity index (χ0v) is 17.6. The Morgan fingerprint density at radius 3 is 2.33 bits per heavy atom. The van der Waals surface area contributed by atoms with Crippen molar-refractivity contribution >= 4 is 22.5 Å². The van der Waals surface area contributed by atoms with E-state index < -0.39 is 0 Å². The van der Waals surface area contributed by atoms with Gasteiger partial charge in [0.15, 0.2) is 0 Å². The summed E-state index contributed by atoms with van der Waals surface area (Å²) in [5.74, 6) is 0.652. The van der Waals surface area contributed by atoms with Crippen molar-refractivity contribution in [3.63, 3.8) is 0 Å². The number of rotatable bonds is 4. The summed E-state index contributed by atoms with van der Waals surface area (Å²) in [6.45, 7) is 6.02. The topological polar surface area (TPSA) is 51.2 Å². The molecule has 4 heteroatoms. The van der Waals surface area contributed by atoms with Crippen LogP contribution in [0.3, 0.4) is 0 Å². The van der Waals surface area contributed by atoms with Crippen molar-refractivity contribution in [1.29, 1.82) is 0 Å². The van der Waals surface area contributed by atoms with Gasteiger partial charge < -0.3 is 10.1 Å². The number of amides is 1. The molecule has 1 heterocycles. The summed E-state index contributed by atoms with van der Waals surface area (Å²) in [5, 5.41) is 3.95. The van der Waals surface area contributed by atoms with Gasteiger partial charge in [-0.15, -0.1) is 0 Å². The molecule has 1 amide bonds. The summed E-state index contributed by atoms with van der Waals surface area (Å²) in [6, 6.07) is 21.4. The number of pyridine rings is 1. The third-order valence-corrected chi connectivity index (χ3v) is 5.58. The monoisotopic (exact) mass is 396 g/mol. The number of ether oxygens (including phenoxy) is 1. The molecule has 0 atom stereocenters. The second-order valence-electron chi connectivity index (χ2n) is 7.41. The first-order valence-electron chi connectivity index (χ1n) is 9.91. The number of para-hydroxylation sites is 1. The molecule has 150 valence electrons. The summed E-state index contributed by atoms with van der Waals surface area (Å²) < 4.78 is 5.27. The number of benzene rings is 3. The summed E-state index contributed by atoms with van der Waals surface area (Å²) >= 11 is 0. The van der Waals surface area contributed by atoms with E-state index in [0.29, 0.717) is 5.56 Å². The first-order chi connectivity index (χ1) is 14.5. The van der Waals surface area contributed by atoms with Crippen molar-refractivity contribution in [3.05, 3.63) is 89.0 Å². The molecule has 0 fully saturated rings. The van der Waals surface area contributed by atoms with E-state index in [-0.39, 0.29) is 5.91 Å². The lowest BCUT2D eigenvalue weighted by atomic mass is 9.97. The van der Waals surface area contributed by atoms with Crippen molar-refractivity contribution in [2.24, 2.45) is 0 Å². The molecule has 1 aromatic heterocycles. The Bertz CT molecular complexity index is 1240. The molecule has 0 spiro atoms. The largest absolute Gasteiger partial charge is 0.497 e. The summed E-state index contributed by atoms with van der Waals surface area (Å²) in [6.07, 6.45) is 0. The lowest BCUT2D eigenvalue weighted by Gasteiger charge is -2.16. The molecule has 0 saturated carbocycles. The number of aromatic nitrogens is 1. The molecular formula is C26H24N2O2. The maximum absolute atomic E-state index is 13.4. The number of nitrogens with zero attached hydrogens (tertiary/aromatic N) is 1. The standard InChI is InChI=1S/C26H24N2O2/c1-16-8-7-11-22(17(16)2)28-26(29)24-18(3)25(19-12-14-20(30-4)15-13-19)27-23-10-6-5-9-21(23)24/h5-15H,1-4H3,(H,28,29). The third-order valence-electron chi connectivity index (χ3n) is 5.58. The molecule has 0 unspecified atom stereocenters. The van der Waals surface area contributed by atoms with Crippen molar-refractivity contribution in [2.45, 2.75) is 20.8 Å². The van der Waals surface area contributed by atoms with Crippen LogP contribution in [0.15, 0.2) is 66.7 Å². The van der Waals surface area contributed by atoms with Gasteiger partial charge in [-0.2, -0.15) is 0 Å². The Morgan fingerprint density at radius 1 is 0.867 bits per heavy atom. The Hall–Kier alpha value is -3.66. The van der Waals surface area contributed by atoms with Gasteiger partial charge in [0.2, 0.25) is 0 Å². The van der Waals surface area contributed by atoms with Crippen molar-refractivity contribution < 1.29 is 9.53 Å². The molecule has 0 bridgehead atoms. The molecule has 0 aliphatic rings. The van der Waals surface area contributed by atoms with Crippen molar-refractivity contribution in [3.8, 4) is 17.0 Å². The molecule has 30 heavy (non-hydrogen) atoms. The summed E-state index contributed by atoms with van der Waals surface area (Å²) in [4.78, 5) is 18.3. The van der Waals surface area contributed by atoms with Crippen molar-refractivity contribution in [2.75, 3.05) is 12.4 Å². The van der Waals surface area contributed by atoms with Gasteiger partial charge in [0.05, 0.1) is 23.9 Å². The number of anilines is 1. The van der Waals surface area contributed by atoms with Crippen LogP contribution in [0.25, 0.3) is 22.2 Å². The average molecular weight is 396 g/mol. The first kappa shape index (κ1) is 19.6. The van der Waals surface area contributed by atoms with E-state index in [1.807, 2.05) is 87.5 Å². The molecule has 4 aromatic rings. The highest BCUT2D eigenvalue weighted by Gasteiger charge is 2.19. The van der Waals surface area contributed by atoms with Crippen LogP contribution in [-0.2, 0) is 0 Å². The second-order valence-corrected chi connectivity index (χ2v) is 7.41. The van der Waals surface area contributed by atoms with Crippen LogP contribution in [-0.4, -0.2) is 18.0 Å². The minimum atomic E-state index is -0.130. The Labute approximate surface area is 176 Å². The van der Waals surface area contributed by atoms with E-state index in [4.69, 9.17) is 9.72 Å². The van der Waals surface area contributed by atoms with Crippen LogP contribution in [0, 0.1) is 20.8 Å². The van der Waals surface area contributed by atoms with Crippen LogP contribution in [0.4, 0.5) is 5.69 Å². The minimum Gasteiger partial charge on any atom is -0.497 e. The summed E-state index contributed by atoms with van der Waals surface area (Å²) in [7, 11) is 1.64. The number of nitrogens with one attached hydrogen (secondary N) is 1. The highest BCUT2D eigenvalue weighted by Crippen LogP contribution is 2.31. The van der Waals surface area contributed by atoms with Crippen molar-refractivity contribution in [1.82, 2.24) is 4.98 Å². The minimum absolute atomic E-state index is 0.130. The van der Waals surface area contributed by atoms with Gasteiger partial charge >= 0.3 is 0 Å². The number of aryl methyl sites for hydroxylation is 1. The van der Waals surface area contributed by atoms with E-state index in [1.165, 1.54) is 0 Å². The Morgan fingerprint density at radius 2 is 1.60 bits per heavy atom. The number of carbonyl (C=O) groups is 1. The molecular weight excluding hydrogens is 372 g/mol. The molecule has 0 aliphatic carbocycles. The van der Waals surface area contributed by atoms with Gasteiger partial charge in [-0.3, -0.25) is 4.79 Å². The maximum atomic E-state index is 13.4. The normalized spacial score (nSPS) is 10.8. The van der Waals surface area contributed by atoms with E-state index >= 15 is 0 Å². The van der Waals surface area contributed by atoms with Crippen LogP contribution in [0.1, 0.15) is 27.0 Å². The van der Waals surface area contributed by atoms with Crippen LogP contribution in [0.5, 0.6) is 5.75 Å². The predicted molar refractivity (Wildman–Crippen MR) is 122 cm³/mol. The quantitative estimate of drug-likeness (QED) is 0.454. The van der Waals surface area contributed by atoms with Gasteiger partial charge in [0.25, 0.3) is 5.91 Å². The van der Waals surface area contributed by atoms with Crippen LogP contribution in [0.2, 0.25) is 0 Å². The lowest BCUT2D eigenvalue weighted by molar-refractivity contribution is 0.102. The number of hydrogen-bond acceptors (Lipinski definition) is 3. The molecule has 0 aliphatic heterocycles. The highest BCUT2D eigenvalue weighted by molar-refractivity contribution is 6.14. The Kier molecular flexibility index (Phi) is 5.23. The zero-order chi connectivity index (χ0) is 21.3. The van der Waals surface area contributed by atoms with E-state index in [0.717, 1.165) is 50.3 Å². The third kappa shape index (κ3) is 3.52. The van der Waals surface area contributed by atoms with E-state index in [9.17, 15) is 4.79 Å². The summed E-state index contributed by atoms with van der Waals surface area (Å²) in [5.41, 5.74) is 7.06. The molecule has 1 N–H and O–H groups in total. The number of methoxy groups -OCH3 is 1. The van der Waals surface area contributed by atoms with Gasteiger partial charge in [-0.05, 0) is 73.9 Å².